The van der Waals surface area contributed by atoms with E-state index in [1.165, 1.54) is 16.4 Å². The Hall–Kier alpha value is -3.19. The lowest BCUT2D eigenvalue weighted by atomic mass is 10.1. The van der Waals surface area contributed by atoms with Crippen LogP contribution in [0.3, 0.4) is 0 Å². The highest BCUT2D eigenvalue weighted by molar-refractivity contribution is 7.92. The fourth-order valence-electron chi connectivity index (χ4n) is 4.08. The van der Waals surface area contributed by atoms with E-state index < -0.39 is 15.8 Å². The minimum absolute atomic E-state index is 0.0326. The number of rotatable bonds is 4. The average molecular weight is 439 g/mol. The Balaban J connectivity index is 1.63. The van der Waals surface area contributed by atoms with Crippen molar-refractivity contribution in [1.29, 1.82) is 0 Å². The van der Waals surface area contributed by atoms with E-state index >= 15 is 0 Å². The topological polar surface area (TPSA) is 66.5 Å². The number of fused-ring (bicyclic) bond motifs is 1. The standard InChI is InChI=1S/C24H23FN2O3S/c1-15-10-16(2)12-21(11-15)26-24(28)18-4-9-23-19(14-18)13-17(3)27(23)31(29,30)22-7-5-20(25)6-8-22/h4-12,14,17H,13H2,1-3H3,(H,26,28)/t17-/m1/s1. The van der Waals surface area contributed by atoms with Crippen LogP contribution in [0.25, 0.3) is 0 Å². The first-order valence-electron chi connectivity index (χ1n) is 9.98. The molecule has 1 amide bonds. The van der Waals surface area contributed by atoms with Gasteiger partial charge >= 0.3 is 0 Å². The lowest BCUT2D eigenvalue weighted by molar-refractivity contribution is 0.102. The van der Waals surface area contributed by atoms with Crippen LogP contribution >= 0.6 is 0 Å². The van der Waals surface area contributed by atoms with Crippen molar-refractivity contribution in [3.05, 3.63) is 88.7 Å². The number of benzene rings is 3. The molecule has 0 radical (unpaired) electrons. The third kappa shape index (κ3) is 4.05. The summed E-state index contributed by atoms with van der Waals surface area (Å²) in [5.41, 5.74) is 4.62. The maximum absolute atomic E-state index is 13.2. The van der Waals surface area contributed by atoms with E-state index in [0.717, 1.165) is 34.5 Å². The summed E-state index contributed by atoms with van der Waals surface area (Å²) >= 11 is 0. The van der Waals surface area contributed by atoms with E-state index in [2.05, 4.69) is 5.32 Å². The van der Waals surface area contributed by atoms with Crippen molar-refractivity contribution in [3.63, 3.8) is 0 Å². The number of nitrogens with zero attached hydrogens (tertiary/aromatic N) is 1. The maximum atomic E-state index is 13.2. The molecule has 5 nitrogen and oxygen atoms in total. The van der Waals surface area contributed by atoms with Gasteiger partial charge in [-0.3, -0.25) is 9.10 Å². The van der Waals surface area contributed by atoms with Crippen LogP contribution in [0.15, 0.2) is 65.6 Å². The number of sulfonamides is 1. The highest BCUT2D eigenvalue weighted by Gasteiger charge is 2.36. The highest BCUT2D eigenvalue weighted by atomic mass is 32.2. The van der Waals surface area contributed by atoms with Crippen molar-refractivity contribution < 1.29 is 17.6 Å². The van der Waals surface area contributed by atoms with Gasteiger partial charge in [-0.25, -0.2) is 12.8 Å². The number of aryl methyl sites for hydroxylation is 2. The molecule has 7 heteroatoms. The number of amides is 1. The van der Waals surface area contributed by atoms with Gasteiger partial charge in [0.05, 0.1) is 10.6 Å². The third-order valence-electron chi connectivity index (χ3n) is 5.34. The smallest absolute Gasteiger partial charge is 0.264 e. The molecule has 0 bridgehead atoms. The zero-order chi connectivity index (χ0) is 22.3. The van der Waals surface area contributed by atoms with Crippen LogP contribution in [0.1, 0.15) is 34.0 Å². The van der Waals surface area contributed by atoms with Gasteiger partial charge in [-0.15, -0.1) is 0 Å². The molecule has 3 aromatic carbocycles. The molecule has 0 saturated heterocycles. The molecule has 0 aromatic heterocycles. The van der Waals surface area contributed by atoms with E-state index in [1.807, 2.05) is 39.0 Å². The van der Waals surface area contributed by atoms with Crippen LogP contribution in [0, 0.1) is 19.7 Å². The number of hydrogen-bond acceptors (Lipinski definition) is 3. The van der Waals surface area contributed by atoms with Crippen LogP contribution in [-0.4, -0.2) is 20.4 Å². The molecule has 1 aliphatic rings. The van der Waals surface area contributed by atoms with Crippen LogP contribution in [0.5, 0.6) is 0 Å². The number of carbonyl (C=O) groups is 1. The Morgan fingerprint density at radius 3 is 2.29 bits per heavy atom. The predicted molar refractivity (Wildman–Crippen MR) is 120 cm³/mol. The van der Waals surface area contributed by atoms with Crippen LogP contribution in [0.4, 0.5) is 15.8 Å². The molecule has 31 heavy (non-hydrogen) atoms. The van der Waals surface area contributed by atoms with Crippen LogP contribution < -0.4 is 9.62 Å². The first-order chi connectivity index (χ1) is 14.6. The maximum Gasteiger partial charge on any atom is 0.264 e. The first-order valence-corrected chi connectivity index (χ1v) is 11.4. The fourth-order valence-corrected chi connectivity index (χ4v) is 5.77. The molecule has 4 rings (SSSR count). The van der Waals surface area contributed by atoms with E-state index in [4.69, 9.17) is 0 Å². The summed E-state index contributed by atoms with van der Waals surface area (Å²) in [4.78, 5) is 12.8. The first kappa shape index (κ1) is 21.1. The number of nitrogens with one attached hydrogen (secondary N) is 1. The average Bonchev–Trinajstić information content (AvgIpc) is 3.03. The van der Waals surface area contributed by atoms with Gasteiger partial charge in [0.1, 0.15) is 5.82 Å². The fraction of sp³-hybridized carbons (Fsp3) is 0.208. The summed E-state index contributed by atoms with van der Waals surface area (Å²) in [7, 11) is -3.84. The van der Waals surface area contributed by atoms with Gasteiger partial charge in [0.15, 0.2) is 0 Å². The number of hydrogen-bond donors (Lipinski definition) is 1. The zero-order valence-electron chi connectivity index (χ0n) is 17.5. The van der Waals surface area contributed by atoms with Crippen LogP contribution in [-0.2, 0) is 16.4 Å². The lowest BCUT2D eigenvalue weighted by Crippen LogP contribution is -2.35. The van der Waals surface area contributed by atoms with Crippen molar-refractivity contribution in [2.45, 2.75) is 38.1 Å². The normalized spacial score (nSPS) is 15.6. The summed E-state index contributed by atoms with van der Waals surface area (Å²) in [6, 6.07) is 15.3. The van der Waals surface area contributed by atoms with E-state index in [1.54, 1.807) is 18.2 Å². The molecule has 3 aromatic rings. The second kappa shape index (κ2) is 7.81. The van der Waals surface area contributed by atoms with Gasteiger partial charge in [-0.1, -0.05) is 6.07 Å². The van der Waals surface area contributed by atoms with Crippen molar-refractivity contribution >= 4 is 27.3 Å². The number of halogens is 1. The molecule has 0 saturated carbocycles. The Morgan fingerprint density at radius 2 is 1.65 bits per heavy atom. The molecule has 0 spiro atoms. The van der Waals surface area contributed by atoms with E-state index in [9.17, 15) is 17.6 Å². The molecule has 160 valence electrons. The van der Waals surface area contributed by atoms with Crippen molar-refractivity contribution in [2.75, 3.05) is 9.62 Å². The molecule has 0 aliphatic carbocycles. The molecule has 1 atom stereocenters. The van der Waals surface area contributed by atoms with Gasteiger partial charge in [0.2, 0.25) is 0 Å². The monoisotopic (exact) mass is 438 g/mol. The van der Waals surface area contributed by atoms with Gasteiger partial charge in [0, 0.05) is 17.3 Å². The number of anilines is 2. The molecule has 0 fully saturated rings. The summed E-state index contributed by atoms with van der Waals surface area (Å²) in [5.74, 6) is -0.742. The second-order valence-electron chi connectivity index (χ2n) is 7.98. The Morgan fingerprint density at radius 1 is 1.00 bits per heavy atom. The SMILES string of the molecule is Cc1cc(C)cc(NC(=O)c2ccc3c(c2)C[C@@H](C)N3S(=O)(=O)c2ccc(F)cc2)c1. The van der Waals surface area contributed by atoms with Gasteiger partial charge in [-0.05, 0) is 98.5 Å². The molecule has 0 unspecified atom stereocenters. The van der Waals surface area contributed by atoms with Crippen molar-refractivity contribution in [1.82, 2.24) is 0 Å². The van der Waals surface area contributed by atoms with Gasteiger partial charge in [-0.2, -0.15) is 0 Å². The zero-order valence-corrected chi connectivity index (χ0v) is 18.3. The molecule has 1 aliphatic heterocycles. The highest BCUT2D eigenvalue weighted by Crippen LogP contribution is 2.37. The summed E-state index contributed by atoms with van der Waals surface area (Å²) in [6.45, 7) is 5.75. The lowest BCUT2D eigenvalue weighted by Gasteiger charge is -2.24. The Bertz CT molecular complexity index is 1250. The number of carbonyl (C=O) groups excluding carboxylic acids is 1. The molecule has 1 heterocycles. The molecular formula is C24H23FN2O3S. The Labute approximate surface area is 181 Å². The predicted octanol–water partition coefficient (Wildman–Crippen LogP) is 4.83. The minimum Gasteiger partial charge on any atom is -0.322 e. The largest absolute Gasteiger partial charge is 0.322 e. The second-order valence-corrected chi connectivity index (χ2v) is 9.80. The summed E-state index contributed by atoms with van der Waals surface area (Å²) < 4.78 is 40.9. The van der Waals surface area contributed by atoms with Crippen molar-refractivity contribution in [2.24, 2.45) is 0 Å². The quantitative estimate of drug-likeness (QED) is 0.634. The third-order valence-corrected chi connectivity index (χ3v) is 7.29. The Kier molecular flexibility index (Phi) is 5.31. The summed E-state index contributed by atoms with van der Waals surface area (Å²) in [6.07, 6.45) is 0.487. The van der Waals surface area contributed by atoms with E-state index in [-0.39, 0.29) is 16.8 Å². The van der Waals surface area contributed by atoms with Gasteiger partial charge in [0.25, 0.3) is 15.9 Å². The van der Waals surface area contributed by atoms with E-state index in [0.29, 0.717) is 17.7 Å². The summed E-state index contributed by atoms with van der Waals surface area (Å²) in [5, 5.41) is 2.91. The van der Waals surface area contributed by atoms with Crippen LogP contribution in [0.2, 0.25) is 0 Å². The minimum atomic E-state index is -3.84. The van der Waals surface area contributed by atoms with Gasteiger partial charge < -0.3 is 5.32 Å². The molecular weight excluding hydrogens is 415 g/mol. The molecule has 1 N–H and O–H groups in total. The van der Waals surface area contributed by atoms with Crippen molar-refractivity contribution in [3.8, 4) is 0 Å².